The van der Waals surface area contributed by atoms with Gasteiger partial charge in [0, 0.05) is 19.6 Å². The highest BCUT2D eigenvalue weighted by molar-refractivity contribution is 5.75. The molecule has 1 amide bonds. The van der Waals surface area contributed by atoms with E-state index in [1.54, 1.807) is 0 Å². The van der Waals surface area contributed by atoms with Gasteiger partial charge in [-0.05, 0) is 19.3 Å². The van der Waals surface area contributed by atoms with E-state index < -0.39 is 0 Å². The van der Waals surface area contributed by atoms with E-state index in [-0.39, 0.29) is 18.6 Å². The van der Waals surface area contributed by atoms with Crippen molar-refractivity contribution in [3.63, 3.8) is 0 Å². The van der Waals surface area contributed by atoms with Crippen molar-refractivity contribution in [2.24, 2.45) is 0 Å². The maximum atomic E-state index is 11.1. The van der Waals surface area contributed by atoms with Crippen molar-refractivity contribution in [2.45, 2.75) is 31.8 Å². The van der Waals surface area contributed by atoms with Crippen LogP contribution >= 0.6 is 0 Å². The Balaban J connectivity index is 2.00. The molecule has 13 heavy (non-hydrogen) atoms. The van der Waals surface area contributed by atoms with Gasteiger partial charge in [-0.1, -0.05) is 0 Å². The van der Waals surface area contributed by atoms with Gasteiger partial charge >= 0.3 is 0 Å². The van der Waals surface area contributed by atoms with Crippen LogP contribution in [0.25, 0.3) is 0 Å². The molecular weight excluding hydrogens is 170 g/mol. The molecule has 0 aromatic rings. The Morgan fingerprint density at radius 1 is 1.62 bits per heavy atom. The molecule has 76 valence electrons. The van der Waals surface area contributed by atoms with Crippen molar-refractivity contribution in [3.05, 3.63) is 0 Å². The van der Waals surface area contributed by atoms with E-state index in [1.807, 2.05) is 0 Å². The van der Waals surface area contributed by atoms with Crippen molar-refractivity contribution in [1.29, 1.82) is 0 Å². The van der Waals surface area contributed by atoms with Crippen LogP contribution in [0.4, 0.5) is 0 Å². The van der Waals surface area contributed by atoms with E-state index in [0.717, 1.165) is 25.9 Å². The second-order valence-electron chi connectivity index (χ2n) is 3.25. The molecule has 1 saturated heterocycles. The largest absolute Gasteiger partial charge is 0.395 e. The second-order valence-corrected chi connectivity index (χ2v) is 3.25. The normalized spacial score (nSPS) is 21.8. The Labute approximate surface area is 78.3 Å². The van der Waals surface area contributed by atoms with Crippen LogP contribution in [0.15, 0.2) is 0 Å². The van der Waals surface area contributed by atoms with Crippen molar-refractivity contribution < 1.29 is 14.6 Å². The zero-order valence-electron chi connectivity index (χ0n) is 7.79. The summed E-state index contributed by atoms with van der Waals surface area (Å²) in [7, 11) is 0. The van der Waals surface area contributed by atoms with Crippen LogP contribution in [0.5, 0.6) is 0 Å². The minimum absolute atomic E-state index is 0.00421. The average Bonchev–Trinajstić information content (AvgIpc) is 2.64. The number of carbonyl (C=O) groups is 1. The van der Waals surface area contributed by atoms with Crippen LogP contribution in [0, 0.1) is 0 Å². The standard InChI is InChI=1S/C9H17NO3/c11-6-5-10-9(12)4-3-8-2-1-7-13-8/h8,11H,1-7H2,(H,10,12)/t8-/m1/s1. The quantitative estimate of drug-likeness (QED) is 0.639. The summed E-state index contributed by atoms with van der Waals surface area (Å²) in [6, 6.07) is 0. The Morgan fingerprint density at radius 2 is 2.46 bits per heavy atom. The Morgan fingerprint density at radius 3 is 3.08 bits per heavy atom. The van der Waals surface area contributed by atoms with Crippen LogP contribution in [0.2, 0.25) is 0 Å². The summed E-state index contributed by atoms with van der Waals surface area (Å²) >= 11 is 0. The van der Waals surface area contributed by atoms with Gasteiger partial charge in [0.15, 0.2) is 0 Å². The summed E-state index contributed by atoms with van der Waals surface area (Å²) in [4.78, 5) is 11.1. The predicted octanol–water partition coefficient (Wildman–Crippen LogP) is 0.0541. The number of carbonyl (C=O) groups excluding carboxylic acids is 1. The molecule has 1 heterocycles. The molecule has 0 unspecified atom stereocenters. The van der Waals surface area contributed by atoms with E-state index >= 15 is 0 Å². The molecule has 0 aliphatic carbocycles. The van der Waals surface area contributed by atoms with Crippen LogP contribution in [0.3, 0.4) is 0 Å². The molecule has 0 bridgehead atoms. The van der Waals surface area contributed by atoms with Gasteiger partial charge in [0.25, 0.3) is 0 Å². The predicted molar refractivity (Wildman–Crippen MR) is 48.3 cm³/mol. The van der Waals surface area contributed by atoms with Gasteiger partial charge in [-0.3, -0.25) is 4.79 Å². The Kier molecular flexibility index (Phi) is 4.78. The highest BCUT2D eigenvalue weighted by Crippen LogP contribution is 2.16. The molecule has 0 aromatic carbocycles. The van der Waals surface area contributed by atoms with Gasteiger partial charge in [-0.25, -0.2) is 0 Å². The Bertz CT molecular complexity index is 155. The van der Waals surface area contributed by atoms with Crippen molar-refractivity contribution in [1.82, 2.24) is 5.32 Å². The first-order valence-corrected chi connectivity index (χ1v) is 4.82. The number of aliphatic hydroxyl groups excluding tert-OH is 1. The lowest BCUT2D eigenvalue weighted by Crippen LogP contribution is -2.27. The third-order valence-corrected chi connectivity index (χ3v) is 2.15. The van der Waals surface area contributed by atoms with Crippen molar-refractivity contribution in [2.75, 3.05) is 19.8 Å². The summed E-state index contributed by atoms with van der Waals surface area (Å²) in [5.74, 6) is 0.00421. The van der Waals surface area contributed by atoms with Gasteiger partial charge in [0.05, 0.1) is 12.7 Å². The number of nitrogens with one attached hydrogen (secondary N) is 1. The number of ether oxygens (including phenoxy) is 1. The van der Waals surface area contributed by atoms with E-state index in [1.165, 1.54) is 0 Å². The van der Waals surface area contributed by atoms with Crippen LogP contribution in [0.1, 0.15) is 25.7 Å². The molecule has 1 atom stereocenters. The number of rotatable bonds is 5. The van der Waals surface area contributed by atoms with Gasteiger partial charge in [0.2, 0.25) is 5.91 Å². The fourth-order valence-electron chi connectivity index (χ4n) is 1.45. The monoisotopic (exact) mass is 187 g/mol. The van der Waals surface area contributed by atoms with E-state index in [2.05, 4.69) is 5.32 Å². The summed E-state index contributed by atoms with van der Waals surface area (Å²) in [6.45, 7) is 1.19. The van der Waals surface area contributed by atoms with E-state index in [9.17, 15) is 4.79 Å². The van der Waals surface area contributed by atoms with E-state index in [0.29, 0.717) is 13.0 Å². The zero-order chi connectivity index (χ0) is 9.52. The lowest BCUT2D eigenvalue weighted by molar-refractivity contribution is -0.121. The number of amides is 1. The maximum Gasteiger partial charge on any atom is 0.220 e. The summed E-state index contributed by atoms with van der Waals surface area (Å²) < 4.78 is 5.38. The third-order valence-electron chi connectivity index (χ3n) is 2.15. The molecule has 1 aliphatic rings. The molecule has 0 spiro atoms. The first-order chi connectivity index (χ1) is 6.33. The third kappa shape index (κ3) is 4.24. The van der Waals surface area contributed by atoms with Gasteiger partial charge < -0.3 is 15.2 Å². The first-order valence-electron chi connectivity index (χ1n) is 4.82. The minimum Gasteiger partial charge on any atom is -0.395 e. The minimum atomic E-state index is 0.00421. The van der Waals surface area contributed by atoms with Crippen molar-refractivity contribution in [3.8, 4) is 0 Å². The zero-order valence-corrected chi connectivity index (χ0v) is 7.79. The lowest BCUT2D eigenvalue weighted by atomic mass is 10.1. The maximum absolute atomic E-state index is 11.1. The van der Waals surface area contributed by atoms with Crippen LogP contribution < -0.4 is 5.32 Å². The highest BCUT2D eigenvalue weighted by Gasteiger charge is 2.16. The fourth-order valence-corrected chi connectivity index (χ4v) is 1.45. The number of hydrogen-bond acceptors (Lipinski definition) is 3. The molecule has 0 radical (unpaired) electrons. The smallest absolute Gasteiger partial charge is 0.220 e. The number of hydrogen-bond donors (Lipinski definition) is 2. The fraction of sp³-hybridized carbons (Fsp3) is 0.889. The summed E-state index contributed by atoms with van der Waals surface area (Å²) in [5.41, 5.74) is 0. The van der Waals surface area contributed by atoms with Gasteiger partial charge in [-0.2, -0.15) is 0 Å². The molecule has 0 saturated carbocycles. The molecule has 1 fully saturated rings. The molecule has 2 N–H and O–H groups in total. The Hall–Kier alpha value is -0.610. The molecule has 4 heteroatoms. The van der Waals surface area contributed by atoms with Crippen molar-refractivity contribution >= 4 is 5.91 Å². The average molecular weight is 187 g/mol. The second kappa shape index (κ2) is 5.94. The van der Waals surface area contributed by atoms with E-state index in [4.69, 9.17) is 9.84 Å². The molecule has 1 rings (SSSR count). The summed E-state index contributed by atoms with van der Waals surface area (Å²) in [5, 5.41) is 11.1. The first kappa shape index (κ1) is 10.5. The number of aliphatic hydroxyl groups is 1. The molecule has 0 aromatic heterocycles. The molecular formula is C9H17NO3. The van der Waals surface area contributed by atoms with Gasteiger partial charge in [-0.15, -0.1) is 0 Å². The molecule has 1 aliphatic heterocycles. The SMILES string of the molecule is O=C(CC[C@H]1CCCO1)NCCO. The van der Waals surface area contributed by atoms with Crippen LogP contribution in [-0.2, 0) is 9.53 Å². The summed E-state index contributed by atoms with van der Waals surface area (Å²) in [6.07, 6.45) is 3.78. The van der Waals surface area contributed by atoms with Gasteiger partial charge in [0.1, 0.15) is 0 Å². The highest BCUT2D eigenvalue weighted by atomic mass is 16.5. The molecule has 4 nitrogen and oxygen atoms in total. The lowest BCUT2D eigenvalue weighted by Gasteiger charge is -2.08. The van der Waals surface area contributed by atoms with Crippen LogP contribution in [-0.4, -0.2) is 36.9 Å². The topological polar surface area (TPSA) is 58.6 Å².